The first-order valence-corrected chi connectivity index (χ1v) is 13.1. The van der Waals surface area contributed by atoms with Crippen LogP contribution >= 0.6 is 0 Å². The molecule has 4 aromatic rings. The summed E-state index contributed by atoms with van der Waals surface area (Å²) in [5.41, 5.74) is 2.62. The molecule has 1 atom stereocenters. The molecule has 1 fully saturated rings. The van der Waals surface area contributed by atoms with E-state index in [1.807, 2.05) is 6.92 Å². The zero-order chi connectivity index (χ0) is 25.7. The third kappa shape index (κ3) is 4.15. The number of ether oxygens (including phenoxy) is 2. The number of imidazole rings is 1. The molecular formula is C28H32FN5O3. The number of hydrogen-bond donors (Lipinski definition) is 0. The van der Waals surface area contributed by atoms with E-state index < -0.39 is 5.82 Å². The largest absolute Gasteiger partial charge is 0.490 e. The summed E-state index contributed by atoms with van der Waals surface area (Å²) in [7, 11) is 1.73. The van der Waals surface area contributed by atoms with E-state index in [9.17, 15) is 4.79 Å². The Hall–Kier alpha value is -3.46. The lowest BCUT2D eigenvalue weighted by molar-refractivity contribution is 0.176. The molecule has 2 aliphatic heterocycles. The standard InChI is InChI=1S/C28H32FN5O3/c1-17-7-10-33(11-8-17)9-4-12-36-23-6-5-19(14-31-23)24-20(29)13-21-25-26-22(15-30-21)32(3)28(35)34(26)18(2)16-37-27(24)25/h5-6,13-15,17-18H,4,7-12,16H2,1-3H3/t18-/m0/s1. The van der Waals surface area contributed by atoms with Crippen molar-refractivity contribution >= 4 is 21.9 Å². The molecule has 6 rings (SSSR count). The molecule has 0 bridgehead atoms. The molecule has 2 aliphatic rings. The van der Waals surface area contributed by atoms with Crippen molar-refractivity contribution in [3.8, 4) is 22.8 Å². The van der Waals surface area contributed by atoms with E-state index in [0.717, 1.165) is 37.5 Å². The second kappa shape index (κ2) is 9.45. The normalized spacial score (nSPS) is 18.4. The van der Waals surface area contributed by atoms with E-state index in [1.165, 1.54) is 18.9 Å². The van der Waals surface area contributed by atoms with Crippen LogP contribution in [0.5, 0.6) is 11.6 Å². The molecule has 0 saturated carbocycles. The summed E-state index contributed by atoms with van der Waals surface area (Å²) in [5, 5.41) is 0.642. The van der Waals surface area contributed by atoms with Gasteiger partial charge in [0, 0.05) is 37.5 Å². The van der Waals surface area contributed by atoms with Gasteiger partial charge in [-0.25, -0.2) is 14.2 Å². The highest BCUT2D eigenvalue weighted by Crippen LogP contribution is 2.43. The average molecular weight is 506 g/mol. The lowest BCUT2D eigenvalue weighted by atomic mass is 9.99. The number of pyridine rings is 2. The number of halogens is 1. The van der Waals surface area contributed by atoms with Crippen molar-refractivity contribution in [2.24, 2.45) is 13.0 Å². The summed E-state index contributed by atoms with van der Waals surface area (Å²) in [6.45, 7) is 8.42. The number of rotatable bonds is 6. The Morgan fingerprint density at radius 3 is 2.73 bits per heavy atom. The summed E-state index contributed by atoms with van der Waals surface area (Å²) < 4.78 is 30.8. The van der Waals surface area contributed by atoms with Crippen LogP contribution in [0.25, 0.3) is 33.1 Å². The molecule has 0 spiro atoms. The van der Waals surface area contributed by atoms with Crippen molar-refractivity contribution < 1.29 is 13.9 Å². The quantitative estimate of drug-likeness (QED) is 0.358. The fraction of sp³-hybridized carbons (Fsp3) is 0.464. The molecule has 0 radical (unpaired) electrons. The van der Waals surface area contributed by atoms with Gasteiger partial charge >= 0.3 is 5.69 Å². The molecule has 5 heterocycles. The summed E-state index contributed by atoms with van der Waals surface area (Å²) in [4.78, 5) is 24.4. The Kier molecular flexibility index (Phi) is 6.10. The zero-order valence-corrected chi connectivity index (χ0v) is 21.5. The maximum absolute atomic E-state index is 15.5. The van der Waals surface area contributed by atoms with Crippen LogP contribution in [0.3, 0.4) is 0 Å². The molecule has 3 aromatic heterocycles. The molecule has 194 valence electrons. The minimum Gasteiger partial charge on any atom is -0.490 e. The first kappa shape index (κ1) is 23.9. The molecule has 8 nitrogen and oxygen atoms in total. The van der Waals surface area contributed by atoms with Gasteiger partial charge < -0.3 is 14.4 Å². The number of hydrogen-bond acceptors (Lipinski definition) is 6. The van der Waals surface area contributed by atoms with Crippen molar-refractivity contribution in [1.82, 2.24) is 24.0 Å². The molecule has 0 amide bonds. The molecule has 37 heavy (non-hydrogen) atoms. The molecule has 1 saturated heterocycles. The maximum Gasteiger partial charge on any atom is 0.329 e. The van der Waals surface area contributed by atoms with Gasteiger partial charge in [0.2, 0.25) is 5.88 Å². The van der Waals surface area contributed by atoms with Crippen LogP contribution < -0.4 is 15.2 Å². The Bertz CT molecular complexity index is 1520. The van der Waals surface area contributed by atoms with E-state index in [-0.39, 0.29) is 18.3 Å². The topological polar surface area (TPSA) is 74.4 Å². The van der Waals surface area contributed by atoms with Crippen molar-refractivity contribution in [2.45, 2.75) is 39.2 Å². The van der Waals surface area contributed by atoms with Crippen molar-refractivity contribution in [3.05, 3.63) is 46.9 Å². The Morgan fingerprint density at radius 1 is 1.16 bits per heavy atom. The second-order valence-electron chi connectivity index (χ2n) is 10.4. The average Bonchev–Trinajstić information content (AvgIpc) is 3.05. The predicted molar refractivity (Wildman–Crippen MR) is 141 cm³/mol. The van der Waals surface area contributed by atoms with Gasteiger partial charge in [0.15, 0.2) is 0 Å². The number of piperidine rings is 1. The summed E-state index contributed by atoms with van der Waals surface area (Å²) in [6.07, 6.45) is 6.71. The van der Waals surface area contributed by atoms with Crippen molar-refractivity contribution in [3.63, 3.8) is 0 Å². The van der Waals surface area contributed by atoms with Crippen LogP contribution in [0.15, 0.2) is 35.4 Å². The van der Waals surface area contributed by atoms with E-state index in [2.05, 4.69) is 21.8 Å². The smallest absolute Gasteiger partial charge is 0.329 e. The number of aryl methyl sites for hydroxylation is 1. The Morgan fingerprint density at radius 2 is 1.97 bits per heavy atom. The number of nitrogens with zero attached hydrogens (tertiary/aromatic N) is 5. The van der Waals surface area contributed by atoms with Gasteiger partial charge in [-0.05, 0) is 51.3 Å². The van der Waals surface area contributed by atoms with Crippen molar-refractivity contribution in [1.29, 1.82) is 0 Å². The van der Waals surface area contributed by atoms with Crippen LogP contribution in [-0.2, 0) is 7.05 Å². The van der Waals surface area contributed by atoms with Gasteiger partial charge in [0.1, 0.15) is 18.2 Å². The predicted octanol–water partition coefficient (Wildman–Crippen LogP) is 4.54. The third-order valence-corrected chi connectivity index (χ3v) is 7.79. The van der Waals surface area contributed by atoms with E-state index in [0.29, 0.717) is 45.8 Å². The van der Waals surface area contributed by atoms with Gasteiger partial charge in [0.05, 0.1) is 46.3 Å². The molecule has 0 aliphatic carbocycles. The van der Waals surface area contributed by atoms with Gasteiger partial charge in [0.25, 0.3) is 0 Å². The fourth-order valence-corrected chi connectivity index (χ4v) is 5.58. The second-order valence-corrected chi connectivity index (χ2v) is 10.4. The lowest BCUT2D eigenvalue weighted by Crippen LogP contribution is -2.34. The van der Waals surface area contributed by atoms with E-state index in [1.54, 1.807) is 40.7 Å². The third-order valence-electron chi connectivity index (χ3n) is 7.79. The minimum atomic E-state index is -0.444. The highest BCUT2D eigenvalue weighted by molar-refractivity contribution is 6.09. The number of likely N-dealkylation sites (tertiary alicyclic amines) is 1. The van der Waals surface area contributed by atoms with Gasteiger partial charge in [-0.1, -0.05) is 6.92 Å². The van der Waals surface area contributed by atoms with Gasteiger partial charge in [-0.15, -0.1) is 0 Å². The SMILES string of the molecule is CC1CCN(CCCOc2ccc(-c3c(F)cc4ncc5c6c4c3OC[C@H](C)n6c(=O)n5C)cn2)CC1. The number of benzene rings is 1. The lowest BCUT2D eigenvalue weighted by Gasteiger charge is -2.29. The minimum absolute atomic E-state index is 0.142. The monoisotopic (exact) mass is 505 g/mol. The van der Waals surface area contributed by atoms with Gasteiger partial charge in [-0.2, -0.15) is 0 Å². The van der Waals surface area contributed by atoms with E-state index in [4.69, 9.17) is 9.47 Å². The molecule has 9 heteroatoms. The Labute approximate surface area is 214 Å². The molecule has 1 aromatic carbocycles. The molecular weight excluding hydrogens is 473 g/mol. The Balaban J connectivity index is 1.28. The molecule has 0 N–H and O–H groups in total. The summed E-state index contributed by atoms with van der Waals surface area (Å²) >= 11 is 0. The van der Waals surface area contributed by atoms with Crippen LogP contribution in [0.2, 0.25) is 0 Å². The first-order valence-electron chi connectivity index (χ1n) is 13.1. The van der Waals surface area contributed by atoms with E-state index >= 15 is 4.39 Å². The van der Waals surface area contributed by atoms with Crippen LogP contribution in [-0.4, -0.2) is 56.9 Å². The summed E-state index contributed by atoms with van der Waals surface area (Å²) in [5.74, 6) is 1.29. The highest BCUT2D eigenvalue weighted by Gasteiger charge is 2.28. The zero-order valence-electron chi connectivity index (χ0n) is 21.5. The van der Waals surface area contributed by atoms with Gasteiger partial charge in [-0.3, -0.25) is 14.1 Å². The van der Waals surface area contributed by atoms with Crippen LogP contribution in [0.4, 0.5) is 4.39 Å². The van der Waals surface area contributed by atoms with Crippen molar-refractivity contribution in [2.75, 3.05) is 32.8 Å². The maximum atomic E-state index is 15.5. The fourth-order valence-electron chi connectivity index (χ4n) is 5.58. The van der Waals surface area contributed by atoms with Crippen LogP contribution in [0, 0.1) is 11.7 Å². The highest BCUT2D eigenvalue weighted by atomic mass is 19.1. The number of aromatic nitrogens is 4. The first-order chi connectivity index (χ1) is 17.9. The molecule has 0 unspecified atom stereocenters. The van der Waals surface area contributed by atoms with Crippen LogP contribution in [0.1, 0.15) is 39.2 Å². The summed E-state index contributed by atoms with van der Waals surface area (Å²) in [6, 6.07) is 4.76.